The van der Waals surface area contributed by atoms with Crippen molar-refractivity contribution in [3.8, 4) is 0 Å². The summed E-state index contributed by atoms with van der Waals surface area (Å²) in [5.74, 6) is 0.846. The number of ether oxygens (including phenoxy) is 1. The van der Waals surface area contributed by atoms with Crippen LogP contribution < -0.4 is 5.32 Å². The van der Waals surface area contributed by atoms with Gasteiger partial charge in [0.05, 0.1) is 18.5 Å². The van der Waals surface area contributed by atoms with Crippen LogP contribution in [0.15, 0.2) is 12.5 Å². The standard InChI is InChI=1S/C10H17N7O/c1-16-8-12-14-10(16)7-17-6-9(13-15-17)5-11-3-4-18-2/h6,8,11H,3-5,7H2,1-2H3. The summed E-state index contributed by atoms with van der Waals surface area (Å²) >= 11 is 0. The third-order valence-electron chi connectivity index (χ3n) is 2.48. The molecule has 8 nitrogen and oxygen atoms in total. The van der Waals surface area contributed by atoms with Crippen LogP contribution in [0.2, 0.25) is 0 Å². The minimum Gasteiger partial charge on any atom is -0.383 e. The van der Waals surface area contributed by atoms with E-state index in [1.165, 1.54) is 0 Å². The van der Waals surface area contributed by atoms with E-state index in [9.17, 15) is 0 Å². The van der Waals surface area contributed by atoms with Crippen molar-refractivity contribution in [2.24, 2.45) is 7.05 Å². The van der Waals surface area contributed by atoms with Crippen molar-refractivity contribution in [1.82, 2.24) is 35.1 Å². The zero-order chi connectivity index (χ0) is 12.8. The number of nitrogens with one attached hydrogen (secondary N) is 1. The fraction of sp³-hybridized carbons (Fsp3) is 0.600. The molecular weight excluding hydrogens is 234 g/mol. The number of hydrogen-bond acceptors (Lipinski definition) is 6. The Morgan fingerprint density at radius 1 is 1.39 bits per heavy atom. The zero-order valence-electron chi connectivity index (χ0n) is 10.6. The molecule has 2 rings (SSSR count). The number of aryl methyl sites for hydroxylation is 1. The van der Waals surface area contributed by atoms with E-state index < -0.39 is 0 Å². The molecule has 0 aliphatic rings. The molecular formula is C10H17N7O. The number of methoxy groups -OCH3 is 1. The molecule has 0 aromatic carbocycles. The Morgan fingerprint density at radius 3 is 3.00 bits per heavy atom. The number of nitrogens with zero attached hydrogens (tertiary/aromatic N) is 6. The van der Waals surface area contributed by atoms with Crippen LogP contribution in [-0.4, -0.2) is 50.0 Å². The summed E-state index contributed by atoms with van der Waals surface area (Å²) < 4.78 is 8.55. The molecule has 1 N–H and O–H groups in total. The smallest absolute Gasteiger partial charge is 0.154 e. The second-order valence-corrected chi connectivity index (χ2v) is 3.94. The Kier molecular flexibility index (Phi) is 4.37. The molecule has 2 aromatic heterocycles. The Morgan fingerprint density at radius 2 is 2.28 bits per heavy atom. The zero-order valence-corrected chi connectivity index (χ0v) is 10.6. The van der Waals surface area contributed by atoms with E-state index in [4.69, 9.17) is 4.74 Å². The number of rotatable bonds is 7. The molecule has 8 heteroatoms. The molecule has 2 aromatic rings. The molecule has 0 spiro atoms. The molecule has 0 fully saturated rings. The minimum absolute atomic E-state index is 0.571. The van der Waals surface area contributed by atoms with Gasteiger partial charge in [0.1, 0.15) is 12.9 Å². The largest absolute Gasteiger partial charge is 0.383 e. The Hall–Kier alpha value is -1.80. The van der Waals surface area contributed by atoms with Gasteiger partial charge in [-0.15, -0.1) is 15.3 Å². The summed E-state index contributed by atoms with van der Waals surface area (Å²) in [6, 6.07) is 0. The van der Waals surface area contributed by atoms with Gasteiger partial charge in [0, 0.05) is 27.2 Å². The van der Waals surface area contributed by atoms with Gasteiger partial charge >= 0.3 is 0 Å². The lowest BCUT2D eigenvalue weighted by Gasteiger charge is -2.00. The third-order valence-corrected chi connectivity index (χ3v) is 2.48. The van der Waals surface area contributed by atoms with Crippen LogP contribution in [0.5, 0.6) is 0 Å². The third kappa shape index (κ3) is 3.34. The highest BCUT2D eigenvalue weighted by molar-refractivity contribution is 4.94. The number of aromatic nitrogens is 6. The fourth-order valence-electron chi connectivity index (χ4n) is 1.48. The van der Waals surface area contributed by atoms with Crippen molar-refractivity contribution in [2.45, 2.75) is 13.1 Å². The SMILES string of the molecule is COCCNCc1cn(Cc2nncn2C)nn1. The van der Waals surface area contributed by atoms with Crippen LogP contribution in [0, 0.1) is 0 Å². The van der Waals surface area contributed by atoms with Crippen molar-refractivity contribution in [3.63, 3.8) is 0 Å². The average molecular weight is 251 g/mol. The molecule has 0 atom stereocenters. The molecule has 0 bridgehead atoms. The molecule has 98 valence electrons. The molecule has 0 radical (unpaired) electrons. The highest BCUT2D eigenvalue weighted by Crippen LogP contribution is 1.98. The van der Waals surface area contributed by atoms with E-state index >= 15 is 0 Å². The van der Waals surface area contributed by atoms with Crippen LogP contribution in [0.25, 0.3) is 0 Å². The van der Waals surface area contributed by atoms with Crippen molar-refractivity contribution >= 4 is 0 Å². The highest BCUT2D eigenvalue weighted by Gasteiger charge is 2.04. The Bertz CT molecular complexity index is 478. The van der Waals surface area contributed by atoms with Crippen LogP contribution in [0.4, 0.5) is 0 Å². The molecule has 0 amide bonds. The van der Waals surface area contributed by atoms with Crippen LogP contribution in [-0.2, 0) is 24.9 Å². The quantitative estimate of drug-likeness (QED) is 0.648. The first kappa shape index (κ1) is 12.7. The first-order valence-corrected chi connectivity index (χ1v) is 5.71. The fourth-order valence-corrected chi connectivity index (χ4v) is 1.48. The lowest BCUT2D eigenvalue weighted by atomic mass is 10.4. The maximum absolute atomic E-state index is 4.95. The highest BCUT2D eigenvalue weighted by atomic mass is 16.5. The molecule has 2 heterocycles. The van der Waals surface area contributed by atoms with Crippen molar-refractivity contribution in [3.05, 3.63) is 24.0 Å². The first-order valence-electron chi connectivity index (χ1n) is 5.71. The molecule has 0 aliphatic heterocycles. The second-order valence-electron chi connectivity index (χ2n) is 3.94. The predicted octanol–water partition coefficient (Wildman–Crippen LogP) is -0.809. The number of hydrogen-bond donors (Lipinski definition) is 1. The monoisotopic (exact) mass is 251 g/mol. The molecule has 0 saturated carbocycles. The maximum Gasteiger partial charge on any atom is 0.154 e. The molecule has 0 aliphatic carbocycles. The summed E-state index contributed by atoms with van der Waals surface area (Å²) in [5, 5.41) is 19.2. The van der Waals surface area contributed by atoms with Crippen LogP contribution >= 0.6 is 0 Å². The summed E-state index contributed by atoms with van der Waals surface area (Å²) in [5.41, 5.74) is 0.897. The van der Waals surface area contributed by atoms with E-state index in [1.807, 2.05) is 17.8 Å². The van der Waals surface area contributed by atoms with E-state index in [0.717, 1.165) is 18.1 Å². The van der Waals surface area contributed by atoms with E-state index in [2.05, 4.69) is 25.8 Å². The topological polar surface area (TPSA) is 82.7 Å². The molecule has 0 saturated heterocycles. The van der Waals surface area contributed by atoms with Crippen molar-refractivity contribution in [1.29, 1.82) is 0 Å². The van der Waals surface area contributed by atoms with E-state index in [-0.39, 0.29) is 0 Å². The van der Waals surface area contributed by atoms with E-state index in [1.54, 1.807) is 18.1 Å². The van der Waals surface area contributed by atoms with Gasteiger partial charge in [0.2, 0.25) is 0 Å². The van der Waals surface area contributed by atoms with Crippen molar-refractivity contribution < 1.29 is 4.74 Å². The lowest BCUT2D eigenvalue weighted by molar-refractivity contribution is 0.199. The van der Waals surface area contributed by atoms with Gasteiger partial charge in [0.15, 0.2) is 5.82 Å². The van der Waals surface area contributed by atoms with Gasteiger partial charge in [-0.25, -0.2) is 4.68 Å². The van der Waals surface area contributed by atoms with Crippen LogP contribution in [0.1, 0.15) is 11.5 Å². The minimum atomic E-state index is 0.571. The first-order chi connectivity index (χ1) is 8.79. The van der Waals surface area contributed by atoms with Gasteiger partial charge in [-0.05, 0) is 0 Å². The van der Waals surface area contributed by atoms with Gasteiger partial charge in [-0.3, -0.25) is 0 Å². The predicted molar refractivity (Wildman–Crippen MR) is 63.7 cm³/mol. The normalized spacial score (nSPS) is 11.0. The summed E-state index contributed by atoms with van der Waals surface area (Å²) in [4.78, 5) is 0. The van der Waals surface area contributed by atoms with Gasteiger partial charge < -0.3 is 14.6 Å². The van der Waals surface area contributed by atoms with Gasteiger partial charge in [0.25, 0.3) is 0 Å². The maximum atomic E-state index is 4.95. The molecule has 18 heavy (non-hydrogen) atoms. The average Bonchev–Trinajstić information content (AvgIpc) is 2.96. The Balaban J connectivity index is 1.84. The van der Waals surface area contributed by atoms with Gasteiger partial charge in [-0.2, -0.15) is 0 Å². The summed E-state index contributed by atoms with van der Waals surface area (Å²) in [6.07, 6.45) is 3.56. The lowest BCUT2D eigenvalue weighted by Crippen LogP contribution is -2.18. The van der Waals surface area contributed by atoms with Gasteiger partial charge in [-0.1, -0.05) is 5.21 Å². The summed E-state index contributed by atoms with van der Waals surface area (Å²) in [7, 11) is 3.58. The summed E-state index contributed by atoms with van der Waals surface area (Å²) in [6.45, 7) is 2.74. The van der Waals surface area contributed by atoms with Crippen LogP contribution in [0.3, 0.4) is 0 Å². The molecule has 0 unspecified atom stereocenters. The van der Waals surface area contributed by atoms with Crippen molar-refractivity contribution in [2.75, 3.05) is 20.3 Å². The Labute approximate surface area is 105 Å². The van der Waals surface area contributed by atoms with E-state index in [0.29, 0.717) is 19.7 Å². The second kappa shape index (κ2) is 6.22.